The number of likely N-dealkylation sites (tertiary alicyclic amines) is 1. The molecule has 1 saturated heterocycles. The van der Waals surface area contributed by atoms with Crippen molar-refractivity contribution in [3.8, 4) is 11.1 Å². The maximum atomic E-state index is 12.8. The van der Waals surface area contributed by atoms with Crippen LogP contribution in [0.3, 0.4) is 0 Å². The molecule has 1 fully saturated rings. The smallest absolute Gasteiger partial charge is 0.426 e. The summed E-state index contributed by atoms with van der Waals surface area (Å²) >= 11 is 0. The molecule has 0 aromatic heterocycles. The Morgan fingerprint density at radius 2 is 1.59 bits per heavy atom. The van der Waals surface area contributed by atoms with Gasteiger partial charge in [0.2, 0.25) is 0 Å². The Labute approximate surface area is 172 Å². The third-order valence-electron chi connectivity index (χ3n) is 4.66. The van der Waals surface area contributed by atoms with Crippen molar-refractivity contribution < 1.29 is 14.3 Å². The number of carbonyl (C=O) groups is 2. The minimum atomic E-state index is -0.561. The molecule has 0 unspecified atom stereocenters. The average molecular weight is 396 g/mol. The molecule has 2 amide bonds. The number of amides is 2. The molecule has 1 aliphatic rings. The van der Waals surface area contributed by atoms with Crippen molar-refractivity contribution in [1.82, 2.24) is 10.3 Å². The van der Waals surface area contributed by atoms with Crippen molar-refractivity contribution in [3.63, 3.8) is 0 Å². The van der Waals surface area contributed by atoms with Crippen LogP contribution in [0.5, 0.6) is 0 Å². The monoisotopic (exact) mass is 395 g/mol. The maximum Gasteiger partial charge on any atom is 0.426 e. The lowest BCUT2D eigenvalue weighted by Crippen LogP contribution is -2.35. The highest BCUT2D eigenvalue weighted by molar-refractivity contribution is 5.95. The molecule has 6 heteroatoms. The van der Waals surface area contributed by atoms with Crippen molar-refractivity contribution in [1.29, 1.82) is 0 Å². The van der Waals surface area contributed by atoms with Crippen LogP contribution in [-0.2, 0) is 4.74 Å². The SMILES string of the molecule is CC(C)(C)OC(=O)NNc1cccc(-c2cccc(C(=O)N3CCCCC3)c2)c1. The largest absolute Gasteiger partial charge is 0.443 e. The van der Waals surface area contributed by atoms with Gasteiger partial charge >= 0.3 is 6.09 Å². The lowest BCUT2D eigenvalue weighted by atomic mass is 10.0. The molecule has 3 rings (SSSR count). The van der Waals surface area contributed by atoms with E-state index in [0.717, 1.165) is 42.7 Å². The molecular formula is C23H29N3O3. The molecule has 2 aromatic rings. The normalized spacial score (nSPS) is 14.2. The molecule has 0 bridgehead atoms. The molecule has 2 N–H and O–H groups in total. The summed E-state index contributed by atoms with van der Waals surface area (Å²) in [5.41, 5.74) is 8.17. The number of ether oxygens (including phenoxy) is 1. The van der Waals surface area contributed by atoms with Gasteiger partial charge < -0.3 is 9.64 Å². The summed E-state index contributed by atoms with van der Waals surface area (Å²) in [4.78, 5) is 26.5. The van der Waals surface area contributed by atoms with E-state index in [1.807, 2.05) is 74.2 Å². The third-order valence-corrected chi connectivity index (χ3v) is 4.66. The fraction of sp³-hybridized carbons (Fsp3) is 0.391. The van der Waals surface area contributed by atoms with Gasteiger partial charge in [0.05, 0.1) is 5.69 Å². The molecule has 0 atom stereocenters. The minimum absolute atomic E-state index is 0.0902. The second-order valence-electron chi connectivity index (χ2n) is 8.27. The molecule has 0 radical (unpaired) electrons. The molecular weight excluding hydrogens is 366 g/mol. The Bertz CT molecular complexity index is 868. The van der Waals surface area contributed by atoms with E-state index < -0.39 is 11.7 Å². The number of benzene rings is 2. The van der Waals surface area contributed by atoms with Crippen LogP contribution in [0.2, 0.25) is 0 Å². The van der Waals surface area contributed by atoms with Crippen LogP contribution in [0, 0.1) is 0 Å². The van der Waals surface area contributed by atoms with Crippen LogP contribution in [0.4, 0.5) is 10.5 Å². The number of nitrogens with zero attached hydrogens (tertiary/aromatic N) is 1. The van der Waals surface area contributed by atoms with Gasteiger partial charge in [0.25, 0.3) is 5.91 Å². The Morgan fingerprint density at radius 1 is 0.931 bits per heavy atom. The zero-order valence-corrected chi connectivity index (χ0v) is 17.3. The predicted octanol–water partition coefficient (Wildman–Crippen LogP) is 4.83. The molecule has 0 spiro atoms. The first-order valence-electron chi connectivity index (χ1n) is 10.1. The topological polar surface area (TPSA) is 70.7 Å². The first-order valence-corrected chi connectivity index (χ1v) is 10.1. The third kappa shape index (κ3) is 5.98. The quantitative estimate of drug-likeness (QED) is 0.728. The van der Waals surface area contributed by atoms with Gasteiger partial charge in [0.15, 0.2) is 0 Å². The Morgan fingerprint density at radius 3 is 2.28 bits per heavy atom. The van der Waals surface area contributed by atoms with Crippen molar-refractivity contribution in [3.05, 3.63) is 54.1 Å². The summed E-state index contributed by atoms with van der Waals surface area (Å²) in [6, 6.07) is 15.3. The van der Waals surface area contributed by atoms with Gasteiger partial charge in [-0.25, -0.2) is 10.2 Å². The minimum Gasteiger partial charge on any atom is -0.443 e. The maximum absolute atomic E-state index is 12.8. The van der Waals surface area contributed by atoms with Gasteiger partial charge in [-0.2, -0.15) is 0 Å². The Hall–Kier alpha value is -3.02. The lowest BCUT2D eigenvalue weighted by Gasteiger charge is -2.26. The van der Waals surface area contributed by atoms with Crippen LogP contribution in [0.15, 0.2) is 48.5 Å². The highest BCUT2D eigenvalue weighted by atomic mass is 16.6. The number of rotatable bonds is 4. The van der Waals surface area contributed by atoms with E-state index in [4.69, 9.17) is 4.74 Å². The average Bonchev–Trinajstić information content (AvgIpc) is 2.71. The van der Waals surface area contributed by atoms with Crippen LogP contribution < -0.4 is 10.9 Å². The summed E-state index contributed by atoms with van der Waals surface area (Å²) in [5.74, 6) is 0.0902. The fourth-order valence-corrected chi connectivity index (χ4v) is 3.31. The number of anilines is 1. The molecule has 0 aliphatic carbocycles. The lowest BCUT2D eigenvalue weighted by molar-refractivity contribution is 0.0540. The second-order valence-corrected chi connectivity index (χ2v) is 8.27. The zero-order valence-electron chi connectivity index (χ0n) is 17.3. The van der Waals surface area contributed by atoms with Gasteiger partial charge in [-0.05, 0) is 75.4 Å². The van der Waals surface area contributed by atoms with Crippen LogP contribution in [-0.4, -0.2) is 35.6 Å². The second kappa shape index (κ2) is 8.99. The number of piperidine rings is 1. The van der Waals surface area contributed by atoms with E-state index in [1.54, 1.807) is 0 Å². The molecule has 29 heavy (non-hydrogen) atoms. The van der Waals surface area contributed by atoms with Crippen LogP contribution in [0.1, 0.15) is 50.4 Å². The molecule has 6 nitrogen and oxygen atoms in total. The molecule has 1 heterocycles. The summed E-state index contributed by atoms with van der Waals surface area (Å²) in [5, 5.41) is 0. The fourth-order valence-electron chi connectivity index (χ4n) is 3.31. The van der Waals surface area contributed by atoms with Gasteiger partial charge in [-0.1, -0.05) is 24.3 Å². The summed E-state index contributed by atoms with van der Waals surface area (Å²) in [6.07, 6.45) is 2.80. The zero-order chi connectivity index (χ0) is 20.9. The summed E-state index contributed by atoms with van der Waals surface area (Å²) in [6.45, 7) is 7.10. The molecule has 0 saturated carbocycles. The van der Waals surface area contributed by atoms with Crippen molar-refractivity contribution in [2.75, 3.05) is 18.5 Å². The van der Waals surface area contributed by atoms with E-state index in [0.29, 0.717) is 5.56 Å². The predicted molar refractivity (Wildman–Crippen MR) is 115 cm³/mol. The number of hydrazine groups is 1. The van der Waals surface area contributed by atoms with Crippen molar-refractivity contribution in [2.24, 2.45) is 0 Å². The van der Waals surface area contributed by atoms with Gasteiger partial charge in [0.1, 0.15) is 5.60 Å². The van der Waals surface area contributed by atoms with Gasteiger partial charge in [-0.3, -0.25) is 10.2 Å². The standard InChI is InChI=1S/C23H29N3O3/c1-23(2,3)29-22(28)25-24-20-12-8-10-18(16-20)17-9-7-11-19(15-17)21(27)26-13-5-4-6-14-26/h7-12,15-16,24H,4-6,13-14H2,1-3H3,(H,25,28). The number of nitrogens with one attached hydrogen (secondary N) is 2. The first kappa shape index (κ1) is 20.7. The molecule has 2 aromatic carbocycles. The van der Waals surface area contributed by atoms with E-state index in [-0.39, 0.29) is 5.91 Å². The van der Waals surface area contributed by atoms with E-state index in [2.05, 4.69) is 10.9 Å². The van der Waals surface area contributed by atoms with Crippen molar-refractivity contribution in [2.45, 2.75) is 45.6 Å². The van der Waals surface area contributed by atoms with Crippen LogP contribution >= 0.6 is 0 Å². The van der Waals surface area contributed by atoms with Crippen molar-refractivity contribution >= 4 is 17.7 Å². The number of hydrogen-bond donors (Lipinski definition) is 2. The number of hydrogen-bond acceptors (Lipinski definition) is 4. The number of carbonyl (C=O) groups excluding carboxylic acids is 2. The Kier molecular flexibility index (Phi) is 6.42. The van der Waals surface area contributed by atoms with Crippen LogP contribution in [0.25, 0.3) is 11.1 Å². The summed E-state index contributed by atoms with van der Waals surface area (Å²) in [7, 11) is 0. The Balaban J connectivity index is 1.70. The summed E-state index contributed by atoms with van der Waals surface area (Å²) < 4.78 is 5.22. The van der Waals surface area contributed by atoms with E-state index in [1.165, 1.54) is 6.42 Å². The molecule has 1 aliphatic heterocycles. The highest BCUT2D eigenvalue weighted by Crippen LogP contribution is 2.24. The molecule has 154 valence electrons. The van der Waals surface area contributed by atoms with E-state index >= 15 is 0 Å². The van der Waals surface area contributed by atoms with Gasteiger partial charge in [0, 0.05) is 18.7 Å². The van der Waals surface area contributed by atoms with Gasteiger partial charge in [-0.15, -0.1) is 0 Å². The van der Waals surface area contributed by atoms with E-state index in [9.17, 15) is 9.59 Å². The highest BCUT2D eigenvalue weighted by Gasteiger charge is 2.18. The first-order chi connectivity index (χ1) is 13.8.